The molecule has 1 atom stereocenters. The van der Waals surface area contributed by atoms with Crippen molar-refractivity contribution in [1.29, 1.82) is 0 Å². The van der Waals surface area contributed by atoms with Gasteiger partial charge in [0.2, 0.25) is 0 Å². The van der Waals surface area contributed by atoms with Gasteiger partial charge >= 0.3 is 5.97 Å². The van der Waals surface area contributed by atoms with E-state index in [2.05, 4.69) is 25.5 Å². The van der Waals surface area contributed by atoms with Crippen LogP contribution in [-0.2, 0) is 9.53 Å². The van der Waals surface area contributed by atoms with Crippen molar-refractivity contribution < 1.29 is 9.53 Å². The van der Waals surface area contributed by atoms with Crippen LogP contribution in [0.5, 0.6) is 0 Å². The van der Waals surface area contributed by atoms with Crippen LogP contribution in [0.15, 0.2) is 36.7 Å². The minimum Gasteiger partial charge on any atom is -0.468 e. The quantitative estimate of drug-likeness (QED) is 0.733. The van der Waals surface area contributed by atoms with E-state index in [0.29, 0.717) is 23.4 Å². The number of carbonyl (C=O) groups is 1. The number of ether oxygens (including phenoxy) is 1. The molecule has 144 valence electrons. The van der Waals surface area contributed by atoms with Gasteiger partial charge in [0.15, 0.2) is 0 Å². The van der Waals surface area contributed by atoms with Crippen molar-refractivity contribution in [2.24, 2.45) is 0 Å². The van der Waals surface area contributed by atoms with E-state index in [1.165, 1.54) is 13.4 Å². The lowest BCUT2D eigenvalue weighted by molar-refractivity contribution is -0.141. The average Bonchev–Trinajstić information content (AvgIpc) is 2.87. The van der Waals surface area contributed by atoms with E-state index in [4.69, 9.17) is 16.3 Å². The van der Waals surface area contributed by atoms with Gasteiger partial charge in [0.1, 0.15) is 18.0 Å². The topological polar surface area (TPSA) is 79.4 Å². The van der Waals surface area contributed by atoms with E-state index >= 15 is 0 Å². The van der Waals surface area contributed by atoms with Crippen LogP contribution in [0.2, 0.25) is 5.02 Å². The smallest absolute Gasteiger partial charge is 0.319 e. The van der Waals surface area contributed by atoms with Crippen LogP contribution in [-0.4, -0.2) is 53.6 Å². The van der Waals surface area contributed by atoms with Crippen molar-refractivity contribution in [2.75, 3.05) is 37.4 Å². The highest BCUT2D eigenvalue weighted by atomic mass is 35.5. The summed E-state index contributed by atoms with van der Waals surface area (Å²) in [6, 6.07) is 9.69. The lowest BCUT2D eigenvalue weighted by Crippen LogP contribution is -2.32. The molecule has 7 nitrogen and oxygen atoms in total. The Morgan fingerprint density at radius 1 is 1.26 bits per heavy atom. The molecular formula is C19H24ClN5O2. The van der Waals surface area contributed by atoms with Crippen LogP contribution in [0.4, 0.5) is 17.3 Å². The first-order valence-corrected chi connectivity index (χ1v) is 9.40. The minimum atomic E-state index is -0.186. The first kappa shape index (κ1) is 19.4. The summed E-state index contributed by atoms with van der Waals surface area (Å²) < 4.78 is 4.76. The Kier molecular flexibility index (Phi) is 6.84. The van der Waals surface area contributed by atoms with E-state index in [1.807, 2.05) is 30.3 Å². The summed E-state index contributed by atoms with van der Waals surface area (Å²) in [6.07, 6.45) is 4.53. The fourth-order valence-corrected chi connectivity index (χ4v) is 3.32. The lowest BCUT2D eigenvalue weighted by atomic mass is 10.1. The Bertz CT molecular complexity index is 773. The zero-order valence-electron chi connectivity index (χ0n) is 15.3. The summed E-state index contributed by atoms with van der Waals surface area (Å²) in [6.45, 7) is 2.11. The number of nitrogens with zero attached hydrogens (tertiary/aromatic N) is 3. The normalized spacial score (nSPS) is 17.8. The van der Waals surface area contributed by atoms with Gasteiger partial charge in [-0.15, -0.1) is 0 Å². The van der Waals surface area contributed by atoms with Crippen molar-refractivity contribution in [2.45, 2.75) is 25.3 Å². The third kappa shape index (κ3) is 6.08. The minimum absolute atomic E-state index is 0.186. The van der Waals surface area contributed by atoms with Crippen LogP contribution in [0.1, 0.15) is 19.3 Å². The average molecular weight is 390 g/mol. The molecule has 0 bridgehead atoms. The number of esters is 1. The number of nitrogens with one attached hydrogen (secondary N) is 2. The molecule has 1 aliphatic heterocycles. The van der Waals surface area contributed by atoms with Crippen LogP contribution < -0.4 is 10.6 Å². The fraction of sp³-hybridized carbons (Fsp3) is 0.421. The number of hydrogen-bond donors (Lipinski definition) is 2. The SMILES string of the molecule is COC(=O)CN1CCCC(Nc2cc(Nc3cccc(Cl)c3)ncn2)CC1. The Labute approximate surface area is 164 Å². The van der Waals surface area contributed by atoms with Crippen LogP contribution >= 0.6 is 11.6 Å². The second-order valence-corrected chi connectivity index (χ2v) is 6.98. The Morgan fingerprint density at radius 2 is 2.11 bits per heavy atom. The highest BCUT2D eigenvalue weighted by molar-refractivity contribution is 6.30. The maximum Gasteiger partial charge on any atom is 0.319 e. The van der Waals surface area contributed by atoms with E-state index < -0.39 is 0 Å². The van der Waals surface area contributed by atoms with Crippen molar-refractivity contribution in [1.82, 2.24) is 14.9 Å². The Morgan fingerprint density at radius 3 is 2.93 bits per heavy atom. The number of carbonyl (C=O) groups excluding carboxylic acids is 1. The third-order valence-corrected chi connectivity index (χ3v) is 4.75. The number of anilines is 3. The molecule has 27 heavy (non-hydrogen) atoms. The monoisotopic (exact) mass is 389 g/mol. The summed E-state index contributed by atoms with van der Waals surface area (Å²) in [5, 5.41) is 7.39. The van der Waals surface area contributed by atoms with Crippen LogP contribution in [0.25, 0.3) is 0 Å². The van der Waals surface area contributed by atoms with Gasteiger partial charge < -0.3 is 15.4 Å². The summed E-state index contributed by atoms with van der Waals surface area (Å²) in [4.78, 5) is 22.2. The van der Waals surface area contributed by atoms with Gasteiger partial charge in [0, 0.05) is 29.4 Å². The van der Waals surface area contributed by atoms with Gasteiger partial charge in [-0.1, -0.05) is 17.7 Å². The Hall–Kier alpha value is -2.38. The Balaban J connectivity index is 1.57. The van der Waals surface area contributed by atoms with E-state index in [0.717, 1.165) is 43.9 Å². The standard InChI is InChI=1S/C19H24ClN5O2/c1-27-19(26)12-25-8-3-6-15(7-9-25)23-17-11-18(22-13-21-17)24-16-5-2-4-14(20)10-16/h2,4-5,10-11,13,15H,3,6-9,12H2,1H3,(H2,21,22,23,24). The molecular weight excluding hydrogens is 366 g/mol. The number of aromatic nitrogens is 2. The molecule has 3 rings (SSSR count). The molecule has 2 aromatic rings. The predicted molar refractivity (Wildman–Crippen MR) is 106 cm³/mol. The predicted octanol–water partition coefficient (Wildman–Crippen LogP) is 3.31. The molecule has 1 fully saturated rings. The van der Waals surface area contributed by atoms with Crippen molar-refractivity contribution in [3.8, 4) is 0 Å². The van der Waals surface area contributed by atoms with Gasteiger partial charge in [0.25, 0.3) is 0 Å². The molecule has 2 heterocycles. The van der Waals surface area contributed by atoms with Crippen molar-refractivity contribution >= 4 is 34.9 Å². The van der Waals surface area contributed by atoms with Crippen LogP contribution in [0, 0.1) is 0 Å². The van der Waals surface area contributed by atoms with Gasteiger partial charge in [-0.2, -0.15) is 0 Å². The van der Waals surface area contributed by atoms with E-state index in [9.17, 15) is 4.79 Å². The molecule has 1 saturated heterocycles. The molecule has 1 aliphatic rings. The van der Waals surface area contributed by atoms with Gasteiger partial charge in [-0.3, -0.25) is 9.69 Å². The zero-order chi connectivity index (χ0) is 19.1. The van der Waals surface area contributed by atoms with Gasteiger partial charge in [-0.25, -0.2) is 9.97 Å². The molecule has 0 aliphatic carbocycles. The summed E-state index contributed by atoms with van der Waals surface area (Å²) in [7, 11) is 1.43. The number of rotatable bonds is 6. The van der Waals surface area contributed by atoms with Crippen LogP contribution in [0.3, 0.4) is 0 Å². The maximum absolute atomic E-state index is 11.5. The van der Waals surface area contributed by atoms with E-state index in [1.54, 1.807) is 0 Å². The fourth-order valence-electron chi connectivity index (χ4n) is 3.13. The van der Waals surface area contributed by atoms with Crippen molar-refractivity contribution in [3.05, 3.63) is 41.7 Å². The number of benzene rings is 1. The maximum atomic E-state index is 11.5. The summed E-state index contributed by atoms with van der Waals surface area (Å²) >= 11 is 6.02. The number of halogens is 1. The zero-order valence-corrected chi connectivity index (χ0v) is 16.1. The molecule has 0 saturated carbocycles. The molecule has 1 aromatic heterocycles. The highest BCUT2D eigenvalue weighted by Crippen LogP contribution is 2.21. The third-order valence-electron chi connectivity index (χ3n) is 4.52. The lowest BCUT2D eigenvalue weighted by Gasteiger charge is -2.19. The molecule has 1 unspecified atom stereocenters. The molecule has 0 spiro atoms. The van der Waals surface area contributed by atoms with Crippen molar-refractivity contribution in [3.63, 3.8) is 0 Å². The summed E-state index contributed by atoms with van der Waals surface area (Å²) in [5.74, 6) is 1.30. The van der Waals surface area contributed by atoms with Gasteiger partial charge in [-0.05, 0) is 44.0 Å². The number of hydrogen-bond acceptors (Lipinski definition) is 7. The first-order chi connectivity index (χ1) is 13.1. The molecule has 8 heteroatoms. The first-order valence-electron chi connectivity index (χ1n) is 9.03. The number of methoxy groups -OCH3 is 1. The second-order valence-electron chi connectivity index (χ2n) is 6.55. The second kappa shape index (κ2) is 9.53. The number of likely N-dealkylation sites (tertiary alicyclic amines) is 1. The highest BCUT2D eigenvalue weighted by Gasteiger charge is 2.19. The van der Waals surface area contributed by atoms with E-state index in [-0.39, 0.29) is 5.97 Å². The summed E-state index contributed by atoms with van der Waals surface area (Å²) in [5.41, 5.74) is 0.875. The molecule has 2 N–H and O–H groups in total. The molecule has 0 radical (unpaired) electrons. The van der Waals surface area contributed by atoms with Gasteiger partial charge in [0.05, 0.1) is 13.7 Å². The molecule has 1 aromatic carbocycles. The largest absolute Gasteiger partial charge is 0.468 e. The molecule has 0 amide bonds.